The molecule has 0 bridgehead atoms. The maximum absolute atomic E-state index is 13.4. The van der Waals surface area contributed by atoms with E-state index in [-0.39, 0.29) is 24.4 Å². The average Bonchev–Trinajstić information content (AvgIpc) is 2.80. The molecule has 4 nitrogen and oxygen atoms in total. The van der Waals surface area contributed by atoms with Crippen molar-refractivity contribution in [1.29, 1.82) is 0 Å². The molecule has 1 aliphatic rings. The molecule has 0 aromatic heterocycles. The predicted molar refractivity (Wildman–Crippen MR) is 131 cm³/mol. The molecule has 2 aromatic rings. The average molecular weight is 475 g/mol. The van der Waals surface area contributed by atoms with Crippen LogP contribution in [0.2, 0.25) is 10.0 Å². The molecule has 0 spiro atoms. The summed E-state index contributed by atoms with van der Waals surface area (Å²) in [6.07, 6.45) is 6.96. The molecule has 1 aliphatic carbocycles. The number of hydrogen-bond acceptors (Lipinski definition) is 2. The third-order valence-corrected chi connectivity index (χ3v) is 6.91. The van der Waals surface area contributed by atoms with Gasteiger partial charge in [0.2, 0.25) is 11.8 Å². The maximum Gasteiger partial charge on any atom is 0.243 e. The molecule has 6 heteroatoms. The smallest absolute Gasteiger partial charge is 0.243 e. The lowest BCUT2D eigenvalue weighted by molar-refractivity contribution is -0.141. The first-order valence-corrected chi connectivity index (χ1v) is 12.3. The van der Waals surface area contributed by atoms with Crippen molar-refractivity contribution in [1.82, 2.24) is 10.2 Å². The Bertz CT molecular complexity index is 878. The van der Waals surface area contributed by atoms with Gasteiger partial charge in [-0.15, -0.1) is 0 Å². The minimum atomic E-state index is -0.562. The zero-order chi connectivity index (χ0) is 22.9. The zero-order valence-corrected chi connectivity index (χ0v) is 20.2. The van der Waals surface area contributed by atoms with Crippen molar-refractivity contribution in [2.24, 2.45) is 0 Å². The summed E-state index contributed by atoms with van der Waals surface area (Å²) in [5, 5.41) is 4.20. The Morgan fingerprint density at radius 1 is 1.00 bits per heavy atom. The number of carbonyl (C=O) groups is 2. The molecule has 3 rings (SSSR count). The first-order chi connectivity index (χ1) is 15.5. The van der Waals surface area contributed by atoms with E-state index in [2.05, 4.69) is 5.32 Å². The van der Waals surface area contributed by atoms with Crippen molar-refractivity contribution in [2.75, 3.05) is 0 Å². The van der Waals surface area contributed by atoms with Crippen LogP contribution in [0.3, 0.4) is 0 Å². The van der Waals surface area contributed by atoms with E-state index in [1.807, 2.05) is 37.3 Å². The summed E-state index contributed by atoms with van der Waals surface area (Å²) < 4.78 is 0. The SMILES string of the molecule is CCC(C(=O)NC1CCCCC1)N(Cc1c(Cl)cccc1Cl)C(=O)CCc1ccccc1. The van der Waals surface area contributed by atoms with Gasteiger partial charge in [0.05, 0.1) is 0 Å². The second-order valence-corrected chi connectivity index (χ2v) is 9.29. The molecule has 1 unspecified atom stereocenters. The lowest BCUT2D eigenvalue weighted by atomic mass is 9.95. The van der Waals surface area contributed by atoms with E-state index in [9.17, 15) is 9.59 Å². The van der Waals surface area contributed by atoms with Crippen molar-refractivity contribution in [2.45, 2.75) is 76.9 Å². The van der Waals surface area contributed by atoms with Gasteiger partial charge in [0.15, 0.2) is 0 Å². The van der Waals surface area contributed by atoms with E-state index in [4.69, 9.17) is 23.2 Å². The van der Waals surface area contributed by atoms with Crippen molar-refractivity contribution in [3.05, 3.63) is 69.7 Å². The normalized spacial score (nSPS) is 15.2. The molecule has 1 saturated carbocycles. The quantitative estimate of drug-likeness (QED) is 0.471. The van der Waals surface area contributed by atoms with Crippen LogP contribution in [0.1, 0.15) is 63.0 Å². The standard InChI is InChI=1S/C26H32Cl2N2O2/c1-2-24(26(32)29-20-12-7-4-8-13-20)30(18-21-22(27)14-9-15-23(21)28)25(31)17-16-19-10-5-3-6-11-19/h3,5-6,9-11,14-15,20,24H,2,4,7-8,12-13,16-18H2,1H3,(H,29,32). The third-order valence-electron chi connectivity index (χ3n) is 6.20. The molecule has 1 fully saturated rings. The summed E-state index contributed by atoms with van der Waals surface area (Å²) in [4.78, 5) is 28.3. The van der Waals surface area contributed by atoms with Gasteiger partial charge >= 0.3 is 0 Å². The van der Waals surface area contributed by atoms with Crippen LogP contribution in [0.4, 0.5) is 0 Å². The maximum atomic E-state index is 13.4. The van der Waals surface area contributed by atoms with E-state index < -0.39 is 6.04 Å². The van der Waals surface area contributed by atoms with Crippen LogP contribution in [-0.4, -0.2) is 28.8 Å². The molecule has 2 aromatic carbocycles. The topological polar surface area (TPSA) is 49.4 Å². The van der Waals surface area contributed by atoms with Gasteiger partial charge in [0.1, 0.15) is 6.04 Å². The first-order valence-electron chi connectivity index (χ1n) is 11.6. The van der Waals surface area contributed by atoms with Gasteiger partial charge in [-0.3, -0.25) is 9.59 Å². The van der Waals surface area contributed by atoms with E-state index in [1.165, 1.54) is 6.42 Å². The molecule has 2 amide bonds. The molecule has 0 radical (unpaired) electrons. The van der Waals surface area contributed by atoms with E-state index in [0.717, 1.165) is 31.2 Å². The van der Waals surface area contributed by atoms with Crippen LogP contribution in [0.25, 0.3) is 0 Å². The van der Waals surface area contributed by atoms with Crippen LogP contribution in [0, 0.1) is 0 Å². The monoisotopic (exact) mass is 474 g/mol. The Labute approximate surface area is 201 Å². The van der Waals surface area contributed by atoms with Crippen LogP contribution in [0.15, 0.2) is 48.5 Å². The van der Waals surface area contributed by atoms with Gasteiger partial charge in [-0.05, 0) is 43.4 Å². The fourth-order valence-corrected chi connectivity index (χ4v) is 4.87. The molecule has 1 atom stereocenters. The number of nitrogens with one attached hydrogen (secondary N) is 1. The second-order valence-electron chi connectivity index (χ2n) is 8.48. The zero-order valence-electron chi connectivity index (χ0n) is 18.7. The summed E-state index contributed by atoms with van der Waals surface area (Å²) in [6.45, 7) is 2.15. The van der Waals surface area contributed by atoms with Crippen LogP contribution in [-0.2, 0) is 22.6 Å². The molecule has 0 saturated heterocycles. The Kier molecular flexibility index (Phi) is 9.43. The number of aryl methyl sites for hydroxylation is 1. The van der Waals surface area contributed by atoms with E-state index in [0.29, 0.717) is 34.9 Å². The van der Waals surface area contributed by atoms with Crippen LogP contribution in [0.5, 0.6) is 0 Å². The van der Waals surface area contributed by atoms with Gasteiger partial charge in [-0.2, -0.15) is 0 Å². The highest BCUT2D eigenvalue weighted by Gasteiger charge is 2.31. The number of amides is 2. The molecule has 0 aliphatic heterocycles. The number of benzene rings is 2. The van der Waals surface area contributed by atoms with Crippen LogP contribution < -0.4 is 5.32 Å². The molecule has 32 heavy (non-hydrogen) atoms. The molecular formula is C26H32Cl2N2O2. The number of hydrogen-bond donors (Lipinski definition) is 1. The van der Waals surface area contributed by atoms with Crippen molar-refractivity contribution in [3.63, 3.8) is 0 Å². The first kappa shape index (κ1) is 24.6. The summed E-state index contributed by atoms with van der Waals surface area (Å²) in [7, 11) is 0. The van der Waals surface area contributed by atoms with Gasteiger partial charge in [0.25, 0.3) is 0 Å². The largest absolute Gasteiger partial charge is 0.352 e. The van der Waals surface area contributed by atoms with Crippen LogP contribution >= 0.6 is 23.2 Å². The van der Waals surface area contributed by atoms with E-state index >= 15 is 0 Å². The lowest BCUT2D eigenvalue weighted by Crippen LogP contribution is -2.51. The number of halogens is 2. The predicted octanol–water partition coefficient (Wildman–Crippen LogP) is 6.18. The molecular weight excluding hydrogens is 443 g/mol. The summed E-state index contributed by atoms with van der Waals surface area (Å²) in [5.74, 6) is -0.161. The molecule has 0 heterocycles. The highest BCUT2D eigenvalue weighted by atomic mass is 35.5. The van der Waals surface area contributed by atoms with Gasteiger partial charge in [0, 0.05) is 34.6 Å². The number of carbonyl (C=O) groups excluding carboxylic acids is 2. The van der Waals surface area contributed by atoms with Crippen molar-refractivity contribution in [3.8, 4) is 0 Å². The molecule has 1 N–H and O–H groups in total. The minimum absolute atomic E-state index is 0.0736. The second kappa shape index (κ2) is 12.3. The minimum Gasteiger partial charge on any atom is -0.352 e. The number of nitrogens with zero attached hydrogens (tertiary/aromatic N) is 1. The van der Waals surface area contributed by atoms with Gasteiger partial charge in [-0.25, -0.2) is 0 Å². The summed E-state index contributed by atoms with van der Waals surface area (Å²) >= 11 is 12.8. The number of rotatable bonds is 9. The van der Waals surface area contributed by atoms with Gasteiger partial charge < -0.3 is 10.2 Å². The van der Waals surface area contributed by atoms with Crippen molar-refractivity contribution >= 4 is 35.0 Å². The Balaban J connectivity index is 1.80. The van der Waals surface area contributed by atoms with Crippen molar-refractivity contribution < 1.29 is 9.59 Å². The summed E-state index contributed by atoms with van der Waals surface area (Å²) in [5.41, 5.74) is 1.77. The fraction of sp³-hybridized carbons (Fsp3) is 0.462. The Morgan fingerprint density at radius 3 is 2.28 bits per heavy atom. The van der Waals surface area contributed by atoms with Gasteiger partial charge in [-0.1, -0.05) is 85.8 Å². The summed E-state index contributed by atoms with van der Waals surface area (Å²) in [6, 6.07) is 14.8. The fourth-order valence-electron chi connectivity index (χ4n) is 4.36. The Hall–Kier alpha value is -2.04. The molecule has 172 valence electrons. The third kappa shape index (κ3) is 6.73. The highest BCUT2D eigenvalue weighted by Crippen LogP contribution is 2.27. The highest BCUT2D eigenvalue weighted by molar-refractivity contribution is 6.36. The van der Waals surface area contributed by atoms with E-state index in [1.54, 1.807) is 23.1 Å². The Morgan fingerprint density at radius 2 is 1.66 bits per heavy atom. The lowest BCUT2D eigenvalue weighted by Gasteiger charge is -2.33.